The van der Waals surface area contributed by atoms with E-state index in [0.717, 1.165) is 0 Å². The van der Waals surface area contributed by atoms with Crippen molar-refractivity contribution in [3.05, 3.63) is 0 Å². The summed E-state index contributed by atoms with van der Waals surface area (Å²) in [4.78, 5) is 0. The van der Waals surface area contributed by atoms with Crippen LogP contribution in [-0.4, -0.2) is 32.4 Å². The molecule has 7 heavy (non-hydrogen) atoms. The van der Waals surface area contributed by atoms with Crippen molar-refractivity contribution in [1.29, 1.82) is 0 Å². The summed E-state index contributed by atoms with van der Waals surface area (Å²) in [5, 5.41) is 0. The fraction of sp³-hybridized carbons (Fsp3) is 1.00. The van der Waals surface area contributed by atoms with E-state index >= 15 is 0 Å². The Morgan fingerprint density at radius 1 is 1.71 bits per heavy atom. The van der Waals surface area contributed by atoms with Gasteiger partial charge < -0.3 is 0 Å². The monoisotopic (exact) mass is 201 g/mol. The first-order valence-corrected chi connectivity index (χ1v) is 3.32. The Morgan fingerprint density at radius 2 is 2.43 bits per heavy atom. The predicted molar refractivity (Wildman–Crippen MR) is 43.0 cm³/mol. The van der Waals surface area contributed by atoms with Gasteiger partial charge in [0, 0.05) is 0 Å². The van der Waals surface area contributed by atoms with Crippen LogP contribution in [0.15, 0.2) is 0 Å². The minimum absolute atomic E-state index is 0.669. The van der Waals surface area contributed by atoms with Gasteiger partial charge in [0.05, 0.1) is 0 Å². The van der Waals surface area contributed by atoms with Gasteiger partial charge in [0.15, 0.2) is 0 Å². The molecule has 6 heteroatoms. The second-order valence-electron chi connectivity index (χ2n) is 0.797. The Hall–Kier alpha value is 0.790. The van der Waals surface area contributed by atoms with Gasteiger partial charge in [-0.1, -0.05) is 0 Å². The van der Waals surface area contributed by atoms with Crippen molar-refractivity contribution in [1.82, 2.24) is 0 Å². The summed E-state index contributed by atoms with van der Waals surface area (Å²) in [6.45, 7) is 3.06. The van der Waals surface area contributed by atoms with Crippen molar-refractivity contribution in [2.24, 2.45) is 0 Å². The zero-order chi connectivity index (χ0) is 5.54. The summed E-state index contributed by atoms with van der Waals surface area (Å²) in [7, 11) is 6.52. The van der Waals surface area contributed by atoms with Crippen LogP contribution < -0.4 is 0 Å². The van der Waals surface area contributed by atoms with Crippen molar-refractivity contribution in [3.8, 4) is 0 Å². The van der Waals surface area contributed by atoms with E-state index in [2.05, 4.69) is 22.6 Å². The Bertz CT molecular complexity index is 72.1. The van der Waals surface area contributed by atoms with Gasteiger partial charge in [0.25, 0.3) is 0 Å². The first-order chi connectivity index (χ1) is 3.41. The Balaban J connectivity index is 2.92. The molecule has 0 aliphatic rings. The first kappa shape index (κ1) is 7.79. The summed E-state index contributed by atoms with van der Waals surface area (Å²) in [6.07, 6.45) is 0. The summed E-state index contributed by atoms with van der Waals surface area (Å²) in [6, 6.07) is 0. The zero-order valence-electron chi connectivity index (χ0n) is 3.80. The van der Waals surface area contributed by atoms with E-state index in [1.54, 1.807) is 13.7 Å². The summed E-state index contributed by atoms with van der Waals surface area (Å²) >= 11 is 2.10. The van der Waals surface area contributed by atoms with Crippen LogP contribution in [-0.2, 0) is 4.65 Å². The average Bonchev–Trinajstić information content (AvgIpc) is 1.69. The maximum absolute atomic E-state index is 4.98. The molecular weight excluding hydrogens is 198 g/mol. The van der Waals surface area contributed by atoms with Gasteiger partial charge in [-0.15, -0.1) is 0 Å². The van der Waals surface area contributed by atoms with Gasteiger partial charge in [0.2, 0.25) is 0 Å². The second kappa shape index (κ2) is 6.79. The molecule has 0 heterocycles. The van der Waals surface area contributed by atoms with E-state index in [1.807, 2.05) is 0 Å². The van der Waals surface area contributed by atoms with Crippen LogP contribution in [0.5, 0.6) is 0 Å². The van der Waals surface area contributed by atoms with Crippen LogP contribution >= 0.6 is 22.6 Å². The molecular formula is CH2B4IO. The van der Waals surface area contributed by atoms with Crippen LogP contribution in [0.25, 0.3) is 0 Å². The number of halogens is 1. The molecule has 0 amide bonds. The van der Waals surface area contributed by atoms with Crippen LogP contribution in [0.1, 0.15) is 0 Å². The van der Waals surface area contributed by atoms with Gasteiger partial charge >= 0.3 is 59.6 Å². The Labute approximate surface area is 59.7 Å². The molecule has 0 spiro atoms. The molecule has 0 aliphatic heterocycles. The van der Waals surface area contributed by atoms with Gasteiger partial charge in [0.1, 0.15) is 0 Å². The summed E-state index contributed by atoms with van der Waals surface area (Å²) < 4.78 is 5.44. The van der Waals surface area contributed by atoms with Gasteiger partial charge in [-0.05, 0) is 0 Å². The third kappa shape index (κ3) is 6.79. The topological polar surface area (TPSA) is 9.23 Å². The van der Waals surface area contributed by atoms with Crippen LogP contribution in [0.2, 0.25) is 0 Å². The van der Waals surface area contributed by atoms with E-state index in [1.165, 1.54) is 6.69 Å². The van der Waals surface area contributed by atoms with Crippen LogP contribution in [0.3, 0.4) is 0 Å². The van der Waals surface area contributed by atoms with Crippen molar-refractivity contribution in [2.75, 3.05) is 4.61 Å². The molecule has 0 atom stereocenters. The molecule has 0 aliphatic carbocycles. The van der Waals surface area contributed by atoms with Gasteiger partial charge in [-0.2, -0.15) is 0 Å². The van der Waals surface area contributed by atoms with Gasteiger partial charge in [-0.3, -0.25) is 0 Å². The van der Waals surface area contributed by atoms with Crippen LogP contribution in [0, 0.1) is 0 Å². The number of hydrogen-bond donors (Lipinski definition) is 0. The minimum atomic E-state index is 0.669. The van der Waals surface area contributed by atoms with Crippen molar-refractivity contribution >= 4 is 50.3 Å². The molecule has 0 aromatic carbocycles. The van der Waals surface area contributed by atoms with Crippen LogP contribution in [0.4, 0.5) is 0 Å². The molecule has 0 bridgehead atoms. The molecule has 1 radical (unpaired) electrons. The SMILES string of the molecule is [B]=BB=BOCI. The quantitative estimate of drug-likeness (QED) is 0.334. The predicted octanol–water partition coefficient (Wildman–Crippen LogP) is -0.663. The van der Waals surface area contributed by atoms with E-state index in [4.69, 9.17) is 12.0 Å². The second-order valence-corrected chi connectivity index (χ2v) is 1.42. The van der Waals surface area contributed by atoms with E-state index in [-0.39, 0.29) is 0 Å². The molecule has 0 rings (SSSR count). The fourth-order valence-electron chi connectivity index (χ4n) is 0.137. The molecule has 0 unspecified atom stereocenters. The molecule has 0 aromatic heterocycles. The Morgan fingerprint density at radius 3 is 2.86 bits per heavy atom. The van der Waals surface area contributed by atoms with E-state index in [9.17, 15) is 0 Å². The zero-order valence-corrected chi connectivity index (χ0v) is 5.96. The van der Waals surface area contributed by atoms with E-state index < -0.39 is 0 Å². The molecule has 0 saturated carbocycles. The summed E-state index contributed by atoms with van der Waals surface area (Å²) in [5.41, 5.74) is 0. The summed E-state index contributed by atoms with van der Waals surface area (Å²) in [5.74, 6) is 0. The third-order valence-corrected chi connectivity index (χ3v) is 0.708. The van der Waals surface area contributed by atoms with E-state index in [0.29, 0.717) is 4.61 Å². The van der Waals surface area contributed by atoms with Gasteiger partial charge in [-0.25, -0.2) is 0 Å². The molecule has 0 aromatic rings. The number of hydrogen-bond acceptors (Lipinski definition) is 1. The Kier molecular flexibility index (Phi) is 7.56. The molecule has 0 fully saturated rings. The van der Waals surface area contributed by atoms with Crippen molar-refractivity contribution in [3.63, 3.8) is 0 Å². The normalized spacial score (nSPS) is 6.29. The fourth-order valence-corrected chi connectivity index (χ4v) is 0.345. The van der Waals surface area contributed by atoms with Crippen molar-refractivity contribution in [2.45, 2.75) is 0 Å². The average molecular weight is 200 g/mol. The molecule has 31 valence electrons. The number of alkyl halides is 1. The maximum atomic E-state index is 4.98. The molecule has 0 saturated heterocycles. The third-order valence-electron chi connectivity index (χ3n) is 0.349. The first-order valence-electron chi connectivity index (χ1n) is 1.79. The molecule has 1 nitrogen and oxygen atoms in total. The van der Waals surface area contributed by atoms with Crippen molar-refractivity contribution < 1.29 is 4.65 Å². The standard InChI is InChI=1S/CH2B4IO/c2-3-4-5-7-1-6/h1H2. The molecule has 0 N–H and O–H groups in total. The number of rotatable bonds is 3.